The summed E-state index contributed by atoms with van der Waals surface area (Å²) in [4.78, 5) is 1.19. The Morgan fingerprint density at radius 2 is 2.15 bits per heavy atom. The third kappa shape index (κ3) is 3.62. The van der Waals surface area contributed by atoms with E-state index in [0.29, 0.717) is 0 Å². The van der Waals surface area contributed by atoms with Crippen molar-refractivity contribution in [2.45, 2.75) is 42.8 Å². The van der Waals surface area contributed by atoms with Gasteiger partial charge in [-0.25, -0.2) is 0 Å². The summed E-state index contributed by atoms with van der Waals surface area (Å²) in [7, 11) is 1.98. The van der Waals surface area contributed by atoms with Gasteiger partial charge in [0.25, 0.3) is 0 Å². The molecule has 0 saturated carbocycles. The first kappa shape index (κ1) is 15.5. The fourth-order valence-electron chi connectivity index (χ4n) is 1.81. The molecule has 0 bridgehead atoms. The van der Waals surface area contributed by atoms with E-state index in [1.807, 2.05) is 24.6 Å². The summed E-state index contributed by atoms with van der Waals surface area (Å²) in [6.45, 7) is 4.06. The van der Waals surface area contributed by atoms with Gasteiger partial charge in [-0.15, -0.1) is 10.2 Å². The SMILES string of the molecule is CCC(N)Cc1cc(Br)ccc1Sc1nnc(C)n1C. The van der Waals surface area contributed by atoms with Crippen LogP contribution in [0.1, 0.15) is 24.7 Å². The Balaban J connectivity index is 2.28. The number of hydrogen-bond acceptors (Lipinski definition) is 4. The molecule has 0 aliphatic rings. The summed E-state index contributed by atoms with van der Waals surface area (Å²) in [5.74, 6) is 0.913. The fourth-order valence-corrected chi connectivity index (χ4v) is 3.17. The van der Waals surface area contributed by atoms with E-state index >= 15 is 0 Å². The van der Waals surface area contributed by atoms with E-state index in [1.54, 1.807) is 11.8 Å². The molecule has 1 heterocycles. The molecule has 0 aliphatic carbocycles. The maximum atomic E-state index is 6.09. The van der Waals surface area contributed by atoms with Crippen LogP contribution in [0.5, 0.6) is 0 Å². The average Bonchev–Trinajstić information content (AvgIpc) is 2.73. The predicted molar refractivity (Wildman–Crippen MR) is 86.0 cm³/mol. The van der Waals surface area contributed by atoms with Gasteiger partial charge in [0.2, 0.25) is 0 Å². The minimum atomic E-state index is 0.185. The lowest BCUT2D eigenvalue weighted by Crippen LogP contribution is -2.21. The van der Waals surface area contributed by atoms with E-state index < -0.39 is 0 Å². The van der Waals surface area contributed by atoms with Crippen LogP contribution in [0.4, 0.5) is 0 Å². The largest absolute Gasteiger partial charge is 0.327 e. The van der Waals surface area contributed by atoms with Gasteiger partial charge in [-0.3, -0.25) is 0 Å². The number of nitrogens with zero attached hydrogens (tertiary/aromatic N) is 3. The van der Waals surface area contributed by atoms with Crippen LogP contribution in [-0.2, 0) is 13.5 Å². The van der Waals surface area contributed by atoms with Gasteiger partial charge in [0.15, 0.2) is 5.16 Å². The fraction of sp³-hybridized carbons (Fsp3) is 0.429. The predicted octanol–water partition coefficient (Wildman–Crippen LogP) is 3.32. The zero-order valence-corrected chi connectivity index (χ0v) is 14.3. The molecule has 4 nitrogen and oxygen atoms in total. The average molecular weight is 355 g/mol. The second-order valence-electron chi connectivity index (χ2n) is 4.82. The zero-order valence-electron chi connectivity index (χ0n) is 11.9. The minimum Gasteiger partial charge on any atom is -0.327 e. The van der Waals surface area contributed by atoms with Crippen LogP contribution >= 0.6 is 27.7 Å². The van der Waals surface area contributed by atoms with E-state index in [4.69, 9.17) is 5.73 Å². The first-order valence-corrected chi connectivity index (χ1v) is 8.20. The highest BCUT2D eigenvalue weighted by molar-refractivity contribution is 9.10. The highest BCUT2D eigenvalue weighted by atomic mass is 79.9. The lowest BCUT2D eigenvalue weighted by Gasteiger charge is -2.13. The summed E-state index contributed by atoms with van der Waals surface area (Å²) in [5, 5.41) is 9.20. The number of benzene rings is 1. The van der Waals surface area contributed by atoms with Gasteiger partial charge in [0, 0.05) is 22.5 Å². The third-order valence-corrected chi connectivity index (χ3v) is 4.93. The molecule has 2 aromatic rings. The third-order valence-electron chi connectivity index (χ3n) is 3.28. The quantitative estimate of drug-likeness (QED) is 0.894. The van der Waals surface area contributed by atoms with Crippen LogP contribution in [0.2, 0.25) is 0 Å². The Morgan fingerprint density at radius 3 is 2.75 bits per heavy atom. The van der Waals surface area contributed by atoms with Crippen molar-refractivity contribution in [3.63, 3.8) is 0 Å². The molecule has 20 heavy (non-hydrogen) atoms. The summed E-state index contributed by atoms with van der Waals surface area (Å²) >= 11 is 5.16. The number of aryl methyl sites for hydroxylation is 1. The van der Waals surface area contributed by atoms with Gasteiger partial charge >= 0.3 is 0 Å². The smallest absolute Gasteiger partial charge is 0.195 e. The summed E-state index contributed by atoms with van der Waals surface area (Å²) < 4.78 is 3.07. The van der Waals surface area contributed by atoms with Crippen LogP contribution in [-0.4, -0.2) is 20.8 Å². The van der Waals surface area contributed by atoms with E-state index in [2.05, 4.69) is 45.2 Å². The van der Waals surface area contributed by atoms with Crippen molar-refractivity contribution in [1.82, 2.24) is 14.8 Å². The van der Waals surface area contributed by atoms with Gasteiger partial charge < -0.3 is 10.3 Å². The van der Waals surface area contributed by atoms with Crippen molar-refractivity contribution in [2.24, 2.45) is 12.8 Å². The van der Waals surface area contributed by atoms with Crippen molar-refractivity contribution >= 4 is 27.7 Å². The molecule has 1 aromatic heterocycles. The van der Waals surface area contributed by atoms with Gasteiger partial charge in [-0.05, 0) is 55.3 Å². The molecule has 0 saturated heterocycles. The normalized spacial score (nSPS) is 12.7. The molecule has 2 N–H and O–H groups in total. The van der Waals surface area contributed by atoms with Crippen LogP contribution in [0, 0.1) is 6.92 Å². The molecule has 1 atom stereocenters. The molecule has 0 radical (unpaired) electrons. The van der Waals surface area contributed by atoms with E-state index in [1.165, 1.54) is 10.5 Å². The van der Waals surface area contributed by atoms with Crippen molar-refractivity contribution in [2.75, 3.05) is 0 Å². The second-order valence-corrected chi connectivity index (χ2v) is 6.74. The number of nitrogens with two attached hydrogens (primary N) is 1. The Labute approximate surface area is 132 Å². The first-order chi connectivity index (χ1) is 9.51. The lowest BCUT2D eigenvalue weighted by atomic mass is 10.1. The molecule has 0 spiro atoms. The standard InChI is InChI=1S/C14H19BrN4S/c1-4-12(16)8-10-7-11(15)5-6-13(10)20-14-18-17-9(2)19(14)3/h5-7,12H,4,8,16H2,1-3H3. The maximum absolute atomic E-state index is 6.09. The minimum absolute atomic E-state index is 0.185. The maximum Gasteiger partial charge on any atom is 0.195 e. The molecular formula is C14H19BrN4S. The number of hydrogen-bond donors (Lipinski definition) is 1. The van der Waals surface area contributed by atoms with Crippen LogP contribution in [0.3, 0.4) is 0 Å². The van der Waals surface area contributed by atoms with Crippen LogP contribution in [0.15, 0.2) is 32.7 Å². The molecule has 1 unspecified atom stereocenters. The number of halogens is 1. The monoisotopic (exact) mass is 354 g/mol. The van der Waals surface area contributed by atoms with Gasteiger partial charge in [0.1, 0.15) is 5.82 Å². The van der Waals surface area contributed by atoms with E-state index in [9.17, 15) is 0 Å². The van der Waals surface area contributed by atoms with Crippen LogP contribution in [0.25, 0.3) is 0 Å². The molecule has 2 rings (SSSR count). The van der Waals surface area contributed by atoms with E-state index in [-0.39, 0.29) is 6.04 Å². The van der Waals surface area contributed by atoms with Gasteiger partial charge in [-0.2, -0.15) is 0 Å². The molecule has 108 valence electrons. The van der Waals surface area contributed by atoms with E-state index in [0.717, 1.165) is 28.3 Å². The first-order valence-electron chi connectivity index (χ1n) is 6.59. The highest BCUT2D eigenvalue weighted by Gasteiger charge is 2.12. The molecule has 0 aliphatic heterocycles. The van der Waals surface area contributed by atoms with Gasteiger partial charge in [-0.1, -0.05) is 22.9 Å². The van der Waals surface area contributed by atoms with Crippen molar-refractivity contribution in [3.05, 3.63) is 34.1 Å². The molecule has 1 aromatic carbocycles. The Hall–Kier alpha value is -0.850. The number of aromatic nitrogens is 3. The van der Waals surface area contributed by atoms with Crippen LogP contribution < -0.4 is 5.73 Å². The van der Waals surface area contributed by atoms with Crippen molar-refractivity contribution < 1.29 is 0 Å². The summed E-state index contributed by atoms with van der Waals surface area (Å²) in [5.41, 5.74) is 7.34. The van der Waals surface area contributed by atoms with Gasteiger partial charge in [0.05, 0.1) is 0 Å². The van der Waals surface area contributed by atoms with Crippen molar-refractivity contribution in [1.29, 1.82) is 0 Å². The molecule has 0 amide bonds. The highest BCUT2D eigenvalue weighted by Crippen LogP contribution is 2.31. The molecular weight excluding hydrogens is 336 g/mol. The zero-order chi connectivity index (χ0) is 14.7. The topological polar surface area (TPSA) is 56.7 Å². The Bertz CT molecular complexity index is 597. The Morgan fingerprint density at radius 1 is 1.40 bits per heavy atom. The molecule has 6 heteroatoms. The summed E-state index contributed by atoms with van der Waals surface area (Å²) in [6, 6.07) is 6.48. The summed E-state index contributed by atoms with van der Waals surface area (Å²) in [6.07, 6.45) is 1.84. The lowest BCUT2D eigenvalue weighted by molar-refractivity contribution is 0.640. The second kappa shape index (κ2) is 6.74. The molecule has 0 fully saturated rings. The number of rotatable bonds is 5. The Kier molecular flexibility index (Phi) is 5.23. The van der Waals surface area contributed by atoms with Crippen molar-refractivity contribution in [3.8, 4) is 0 Å².